The topological polar surface area (TPSA) is 110 Å². The van der Waals surface area contributed by atoms with E-state index in [9.17, 15) is 19.2 Å². The highest BCUT2D eigenvalue weighted by Gasteiger charge is 2.36. The van der Waals surface area contributed by atoms with Gasteiger partial charge < -0.3 is 10.1 Å². The zero-order chi connectivity index (χ0) is 20.5. The molecular weight excluding hydrogens is 376 g/mol. The van der Waals surface area contributed by atoms with E-state index in [1.54, 1.807) is 43.5 Å². The summed E-state index contributed by atoms with van der Waals surface area (Å²) in [4.78, 5) is 54.9. The smallest absolute Gasteiger partial charge is 0.360 e. The number of imide groups is 1. The normalized spacial score (nSPS) is 12.9. The Balaban J connectivity index is 1.60. The van der Waals surface area contributed by atoms with Gasteiger partial charge in [0.05, 0.1) is 17.7 Å². The number of carbonyl (C=O) groups excluding carboxylic acids is 4. The molecule has 3 amide bonds. The third-order valence-corrected chi connectivity index (χ3v) is 4.44. The number of hydrogen-bond acceptors (Lipinski definition) is 6. The molecule has 0 saturated heterocycles. The molecule has 1 aliphatic heterocycles. The van der Waals surface area contributed by atoms with Crippen LogP contribution in [0, 0.1) is 0 Å². The molecule has 0 bridgehead atoms. The predicted molar refractivity (Wildman–Crippen MR) is 102 cm³/mol. The van der Waals surface area contributed by atoms with Crippen LogP contribution in [0.5, 0.6) is 0 Å². The number of rotatable bonds is 5. The number of esters is 1. The maximum Gasteiger partial charge on any atom is 0.360 e. The number of benzene rings is 1. The summed E-state index contributed by atoms with van der Waals surface area (Å²) in [6.45, 7) is 1.32. The van der Waals surface area contributed by atoms with Crippen molar-refractivity contribution in [3.8, 4) is 0 Å². The van der Waals surface area contributed by atoms with Crippen LogP contribution in [0.1, 0.15) is 38.1 Å². The van der Waals surface area contributed by atoms with Crippen LogP contribution >= 0.6 is 0 Å². The van der Waals surface area contributed by atoms with Crippen molar-refractivity contribution in [2.75, 3.05) is 18.5 Å². The highest BCUT2D eigenvalue weighted by molar-refractivity contribution is 6.22. The van der Waals surface area contributed by atoms with Crippen molar-refractivity contribution in [3.63, 3.8) is 0 Å². The number of nitrogens with zero attached hydrogens (tertiary/aromatic N) is 3. The van der Waals surface area contributed by atoms with Crippen LogP contribution in [-0.2, 0) is 9.53 Å². The first kappa shape index (κ1) is 18.4. The number of nitrogens with one attached hydrogen (secondary N) is 1. The van der Waals surface area contributed by atoms with Crippen LogP contribution < -0.4 is 5.32 Å². The van der Waals surface area contributed by atoms with Crippen molar-refractivity contribution in [1.82, 2.24) is 14.3 Å². The predicted octanol–water partition coefficient (Wildman–Crippen LogP) is 1.75. The molecule has 29 heavy (non-hydrogen) atoms. The molecule has 0 aliphatic carbocycles. The molecule has 0 radical (unpaired) electrons. The average molecular weight is 392 g/mol. The van der Waals surface area contributed by atoms with E-state index in [4.69, 9.17) is 4.74 Å². The molecule has 0 saturated carbocycles. The summed E-state index contributed by atoms with van der Waals surface area (Å²) in [7, 11) is 0. The van der Waals surface area contributed by atoms with Crippen molar-refractivity contribution in [1.29, 1.82) is 0 Å². The lowest BCUT2D eigenvalue weighted by Gasteiger charge is -2.14. The lowest BCUT2D eigenvalue weighted by Crippen LogP contribution is -2.37. The first-order valence-electron chi connectivity index (χ1n) is 8.90. The summed E-state index contributed by atoms with van der Waals surface area (Å²) in [6, 6.07) is 11.5. The minimum Gasteiger partial charge on any atom is -0.461 e. The standard InChI is InChI=1S/C20H16N4O5/c1-2-29-20(28)16-17(23-10-6-5-9-14(23)21-16)22-15(25)11-24-18(26)12-7-3-4-8-13(12)19(24)27/h3-10H,2,11H2,1H3,(H,22,25). The van der Waals surface area contributed by atoms with Crippen LogP contribution in [0.2, 0.25) is 0 Å². The summed E-state index contributed by atoms with van der Waals surface area (Å²) < 4.78 is 6.53. The van der Waals surface area contributed by atoms with E-state index >= 15 is 0 Å². The van der Waals surface area contributed by atoms with E-state index in [2.05, 4.69) is 10.3 Å². The van der Waals surface area contributed by atoms with Crippen LogP contribution in [0.15, 0.2) is 48.7 Å². The lowest BCUT2D eigenvalue weighted by atomic mass is 10.1. The Hall–Kier alpha value is -4.01. The van der Waals surface area contributed by atoms with Gasteiger partial charge in [0.2, 0.25) is 5.91 Å². The van der Waals surface area contributed by atoms with E-state index in [1.165, 1.54) is 16.5 Å². The van der Waals surface area contributed by atoms with Crippen LogP contribution in [-0.4, -0.2) is 51.1 Å². The summed E-state index contributed by atoms with van der Waals surface area (Å²) in [5, 5.41) is 2.58. The molecule has 0 spiro atoms. The molecule has 0 fully saturated rings. The Morgan fingerprint density at radius 2 is 1.69 bits per heavy atom. The van der Waals surface area contributed by atoms with Crippen molar-refractivity contribution in [2.24, 2.45) is 0 Å². The number of hydrogen-bond donors (Lipinski definition) is 1. The summed E-state index contributed by atoms with van der Waals surface area (Å²) in [5.41, 5.74) is 0.889. The Kier molecular flexibility index (Phi) is 4.55. The van der Waals surface area contributed by atoms with Crippen molar-refractivity contribution < 1.29 is 23.9 Å². The van der Waals surface area contributed by atoms with Crippen LogP contribution in [0.4, 0.5) is 5.82 Å². The zero-order valence-corrected chi connectivity index (χ0v) is 15.4. The van der Waals surface area contributed by atoms with Gasteiger partial charge in [-0.05, 0) is 31.2 Å². The fourth-order valence-electron chi connectivity index (χ4n) is 3.15. The van der Waals surface area contributed by atoms with Gasteiger partial charge in [0.25, 0.3) is 11.8 Å². The van der Waals surface area contributed by atoms with Gasteiger partial charge >= 0.3 is 5.97 Å². The number of imidazole rings is 1. The first-order valence-corrected chi connectivity index (χ1v) is 8.90. The molecule has 1 N–H and O–H groups in total. The monoisotopic (exact) mass is 392 g/mol. The third-order valence-electron chi connectivity index (χ3n) is 4.44. The molecule has 1 aromatic carbocycles. The number of fused-ring (bicyclic) bond motifs is 2. The largest absolute Gasteiger partial charge is 0.461 e. The van der Waals surface area contributed by atoms with Crippen LogP contribution in [0.25, 0.3) is 5.65 Å². The Morgan fingerprint density at radius 3 is 2.34 bits per heavy atom. The minimum absolute atomic E-state index is 0.0613. The van der Waals surface area contributed by atoms with E-state index in [-0.39, 0.29) is 29.2 Å². The number of anilines is 1. The molecule has 9 nitrogen and oxygen atoms in total. The molecule has 0 unspecified atom stereocenters. The van der Waals surface area contributed by atoms with E-state index < -0.39 is 30.2 Å². The van der Waals surface area contributed by atoms with E-state index in [0.29, 0.717) is 5.65 Å². The van der Waals surface area contributed by atoms with E-state index in [1.807, 2.05) is 0 Å². The second-order valence-corrected chi connectivity index (χ2v) is 6.25. The van der Waals surface area contributed by atoms with E-state index in [0.717, 1.165) is 4.90 Å². The second-order valence-electron chi connectivity index (χ2n) is 6.25. The summed E-state index contributed by atoms with van der Waals surface area (Å²) >= 11 is 0. The molecule has 3 aromatic rings. The number of amides is 3. The Bertz CT molecular complexity index is 1130. The van der Waals surface area contributed by atoms with Gasteiger partial charge in [-0.2, -0.15) is 0 Å². The highest BCUT2D eigenvalue weighted by Crippen LogP contribution is 2.23. The first-order chi connectivity index (χ1) is 14.0. The molecule has 2 aromatic heterocycles. The maximum atomic E-state index is 12.6. The highest BCUT2D eigenvalue weighted by atomic mass is 16.5. The van der Waals surface area contributed by atoms with Gasteiger partial charge in [0, 0.05) is 6.20 Å². The third kappa shape index (κ3) is 3.12. The molecule has 9 heteroatoms. The number of aromatic nitrogens is 2. The van der Waals surface area contributed by atoms with Crippen molar-refractivity contribution >= 4 is 35.2 Å². The minimum atomic E-state index is -0.688. The second kappa shape index (κ2) is 7.19. The summed E-state index contributed by atoms with van der Waals surface area (Å²) in [6.07, 6.45) is 1.63. The van der Waals surface area contributed by atoms with Gasteiger partial charge in [0.15, 0.2) is 11.5 Å². The van der Waals surface area contributed by atoms with Crippen molar-refractivity contribution in [3.05, 3.63) is 65.5 Å². The quantitative estimate of drug-likeness (QED) is 0.523. The zero-order valence-electron chi connectivity index (χ0n) is 15.4. The molecular formula is C20H16N4O5. The lowest BCUT2D eigenvalue weighted by molar-refractivity contribution is -0.116. The molecule has 4 rings (SSSR count). The average Bonchev–Trinajstić information content (AvgIpc) is 3.20. The molecule has 146 valence electrons. The maximum absolute atomic E-state index is 12.6. The fourth-order valence-corrected chi connectivity index (χ4v) is 3.15. The van der Waals surface area contributed by atoms with Gasteiger partial charge in [-0.25, -0.2) is 9.78 Å². The Morgan fingerprint density at radius 1 is 1.03 bits per heavy atom. The SMILES string of the molecule is CCOC(=O)c1nc2ccccn2c1NC(=O)CN1C(=O)c2ccccc2C1=O. The Labute approximate surface area is 164 Å². The summed E-state index contributed by atoms with van der Waals surface area (Å²) in [5.74, 6) is -2.29. The fraction of sp³-hybridized carbons (Fsp3) is 0.150. The van der Waals surface area contributed by atoms with Gasteiger partial charge in [-0.1, -0.05) is 18.2 Å². The number of carbonyl (C=O) groups is 4. The van der Waals surface area contributed by atoms with Gasteiger partial charge in [-0.15, -0.1) is 0 Å². The van der Waals surface area contributed by atoms with Crippen LogP contribution in [0.3, 0.4) is 0 Å². The van der Waals surface area contributed by atoms with Gasteiger partial charge in [0.1, 0.15) is 12.2 Å². The molecule has 1 aliphatic rings. The van der Waals surface area contributed by atoms with Gasteiger partial charge in [-0.3, -0.25) is 23.7 Å². The van der Waals surface area contributed by atoms with Crippen molar-refractivity contribution in [2.45, 2.75) is 6.92 Å². The molecule has 3 heterocycles. The molecule has 0 atom stereocenters. The number of pyridine rings is 1. The number of ether oxygens (including phenoxy) is 1.